The molecule has 0 saturated heterocycles. The topological polar surface area (TPSA) is 52.6 Å². The Balaban J connectivity index is 2.51. The van der Waals surface area contributed by atoms with Gasteiger partial charge in [0, 0.05) is 0 Å². The van der Waals surface area contributed by atoms with Gasteiger partial charge in [0.1, 0.15) is 0 Å². The molecule has 2 rings (SSSR count). The van der Waals surface area contributed by atoms with Gasteiger partial charge in [-0.05, 0) is 0 Å². The molecule has 0 amide bonds. The van der Waals surface area contributed by atoms with E-state index in [4.69, 9.17) is 9.47 Å². The molecule has 1 aliphatic carbocycles. The fraction of sp³-hybridized carbons (Fsp3) is 0.412. The van der Waals surface area contributed by atoms with Crippen molar-refractivity contribution in [3.8, 4) is 0 Å². The predicted octanol–water partition coefficient (Wildman–Crippen LogP) is 2.59. The summed E-state index contributed by atoms with van der Waals surface area (Å²) in [5.74, 6) is 1.25. The van der Waals surface area contributed by atoms with Crippen LogP contribution in [0.5, 0.6) is 0 Å². The molecule has 0 heterocycles. The third-order valence-electron chi connectivity index (χ3n) is 3.98. The molecule has 4 nitrogen and oxygen atoms in total. The van der Waals surface area contributed by atoms with Crippen LogP contribution in [-0.4, -0.2) is 41.1 Å². The molecule has 0 spiro atoms. The van der Waals surface area contributed by atoms with Crippen molar-refractivity contribution in [1.29, 1.82) is 0 Å². The molecule has 1 aromatic carbocycles. The molecule has 22 heavy (non-hydrogen) atoms. The molecule has 0 bridgehead atoms. The number of allylic oxidation sites excluding steroid dienone is 1. The van der Waals surface area contributed by atoms with Gasteiger partial charge in [-0.3, -0.25) is 0 Å². The number of hydrogen-bond donors (Lipinski definition) is 0. The number of carbonyl (C=O) groups excluding carboxylic acids is 2. The van der Waals surface area contributed by atoms with Gasteiger partial charge in [-0.1, -0.05) is 0 Å². The van der Waals surface area contributed by atoms with Crippen molar-refractivity contribution in [2.45, 2.75) is 17.6 Å². The SMILES string of the molecule is COC(=O)C1(C(=O)OC)C=C(c2ccccc2)C(C[Se]C)C1. The summed E-state index contributed by atoms with van der Waals surface area (Å²) in [6, 6.07) is 9.88. The van der Waals surface area contributed by atoms with E-state index in [1.807, 2.05) is 30.3 Å². The van der Waals surface area contributed by atoms with E-state index in [1.165, 1.54) is 14.2 Å². The second kappa shape index (κ2) is 7.12. The molecule has 118 valence electrons. The van der Waals surface area contributed by atoms with Crippen LogP contribution in [0.1, 0.15) is 12.0 Å². The maximum atomic E-state index is 12.3. The van der Waals surface area contributed by atoms with E-state index in [1.54, 1.807) is 6.08 Å². The average molecular weight is 367 g/mol. The Bertz CT molecular complexity index is 564. The summed E-state index contributed by atoms with van der Waals surface area (Å²) in [6.45, 7) is 0. The second-order valence-electron chi connectivity index (χ2n) is 5.28. The van der Waals surface area contributed by atoms with Crippen molar-refractivity contribution in [1.82, 2.24) is 0 Å². The Morgan fingerprint density at radius 2 is 1.77 bits per heavy atom. The Hall–Kier alpha value is -1.58. The predicted molar refractivity (Wildman–Crippen MR) is 85.4 cm³/mol. The van der Waals surface area contributed by atoms with Crippen molar-refractivity contribution in [3.05, 3.63) is 42.0 Å². The van der Waals surface area contributed by atoms with Crippen LogP contribution in [0.3, 0.4) is 0 Å². The monoisotopic (exact) mass is 368 g/mol. The maximum absolute atomic E-state index is 12.3. The summed E-state index contributed by atoms with van der Waals surface area (Å²) >= 11 is 0.445. The normalized spacial score (nSPS) is 19.4. The zero-order chi connectivity index (χ0) is 16.2. The van der Waals surface area contributed by atoms with Gasteiger partial charge in [-0.2, -0.15) is 0 Å². The standard InChI is InChI=1S/C17H20O4Se/c1-20-15(18)17(16(19)21-2)9-13(11-22-3)14(10-17)12-7-5-4-6-8-12/h4-8,10,13H,9,11H2,1-3H3. The molecular weight excluding hydrogens is 347 g/mol. The summed E-state index contributed by atoms with van der Waals surface area (Å²) in [5, 5.41) is 0.976. The van der Waals surface area contributed by atoms with E-state index in [-0.39, 0.29) is 5.92 Å². The van der Waals surface area contributed by atoms with Crippen LogP contribution in [-0.2, 0) is 19.1 Å². The van der Waals surface area contributed by atoms with E-state index in [0.717, 1.165) is 16.5 Å². The number of hydrogen-bond acceptors (Lipinski definition) is 4. The van der Waals surface area contributed by atoms with E-state index >= 15 is 0 Å². The molecular formula is C17H20O4Se. The van der Waals surface area contributed by atoms with Gasteiger partial charge in [0.25, 0.3) is 0 Å². The van der Waals surface area contributed by atoms with Gasteiger partial charge in [0.05, 0.1) is 0 Å². The summed E-state index contributed by atoms with van der Waals surface area (Å²) in [4.78, 5) is 24.6. The first-order chi connectivity index (χ1) is 10.6. The molecule has 1 atom stereocenters. The number of rotatable bonds is 5. The van der Waals surface area contributed by atoms with Crippen molar-refractivity contribution in [2.24, 2.45) is 11.3 Å². The fourth-order valence-corrected chi connectivity index (χ4v) is 4.44. The number of ether oxygens (including phenoxy) is 2. The molecule has 1 aliphatic rings. The van der Waals surface area contributed by atoms with Crippen LogP contribution >= 0.6 is 0 Å². The molecule has 1 aromatic rings. The Morgan fingerprint density at radius 1 is 1.18 bits per heavy atom. The fourth-order valence-electron chi connectivity index (χ4n) is 2.97. The van der Waals surface area contributed by atoms with Crippen LogP contribution in [0, 0.1) is 11.3 Å². The van der Waals surface area contributed by atoms with Crippen molar-refractivity contribution >= 4 is 32.5 Å². The van der Waals surface area contributed by atoms with Crippen molar-refractivity contribution < 1.29 is 19.1 Å². The summed E-state index contributed by atoms with van der Waals surface area (Å²) in [5.41, 5.74) is 0.775. The molecule has 5 heteroatoms. The van der Waals surface area contributed by atoms with E-state index in [0.29, 0.717) is 21.4 Å². The van der Waals surface area contributed by atoms with Crippen LogP contribution in [0.4, 0.5) is 0 Å². The first-order valence-electron chi connectivity index (χ1n) is 7.03. The Kier molecular flexibility index (Phi) is 5.43. The van der Waals surface area contributed by atoms with Crippen molar-refractivity contribution in [2.75, 3.05) is 14.2 Å². The van der Waals surface area contributed by atoms with Gasteiger partial charge in [0.2, 0.25) is 0 Å². The molecule has 0 aliphatic heterocycles. The van der Waals surface area contributed by atoms with Crippen molar-refractivity contribution in [3.63, 3.8) is 0 Å². The molecule has 1 unspecified atom stereocenters. The minimum absolute atomic E-state index is 0.172. The number of methoxy groups -OCH3 is 2. The quantitative estimate of drug-likeness (QED) is 0.456. The molecule has 0 radical (unpaired) electrons. The molecule has 0 aromatic heterocycles. The number of carbonyl (C=O) groups is 2. The second-order valence-corrected chi connectivity index (χ2v) is 7.19. The van der Waals surface area contributed by atoms with Gasteiger partial charge in [0.15, 0.2) is 0 Å². The van der Waals surface area contributed by atoms with E-state index in [9.17, 15) is 9.59 Å². The first-order valence-corrected chi connectivity index (χ1v) is 9.95. The summed E-state index contributed by atoms with van der Waals surface area (Å²) < 4.78 is 9.78. The molecule has 0 N–H and O–H groups in total. The third-order valence-corrected chi connectivity index (χ3v) is 5.53. The number of esters is 2. The van der Waals surface area contributed by atoms with Crippen LogP contribution in [0.2, 0.25) is 11.1 Å². The zero-order valence-corrected chi connectivity index (χ0v) is 14.7. The van der Waals surface area contributed by atoms with Crippen LogP contribution < -0.4 is 0 Å². The third kappa shape index (κ3) is 2.96. The Morgan fingerprint density at radius 3 is 2.27 bits per heavy atom. The summed E-state index contributed by atoms with van der Waals surface area (Å²) in [7, 11) is 2.61. The average Bonchev–Trinajstić information content (AvgIpc) is 2.95. The van der Waals surface area contributed by atoms with Gasteiger partial charge < -0.3 is 0 Å². The van der Waals surface area contributed by atoms with Gasteiger partial charge in [-0.15, -0.1) is 0 Å². The Labute approximate surface area is 137 Å². The number of benzene rings is 1. The first kappa shape index (κ1) is 16.8. The summed E-state index contributed by atoms with van der Waals surface area (Å²) in [6.07, 6.45) is 2.18. The zero-order valence-electron chi connectivity index (χ0n) is 13.0. The van der Waals surface area contributed by atoms with E-state index < -0.39 is 17.4 Å². The van der Waals surface area contributed by atoms with Gasteiger partial charge >= 0.3 is 137 Å². The van der Waals surface area contributed by atoms with Crippen LogP contribution in [0.25, 0.3) is 5.57 Å². The minimum atomic E-state index is -1.31. The van der Waals surface area contributed by atoms with Gasteiger partial charge in [-0.25, -0.2) is 0 Å². The molecule has 0 saturated carbocycles. The molecule has 0 fully saturated rings. The van der Waals surface area contributed by atoms with Crippen LogP contribution in [0.15, 0.2) is 36.4 Å². The van der Waals surface area contributed by atoms with E-state index in [2.05, 4.69) is 5.82 Å².